The molecule has 0 radical (unpaired) electrons. The van der Waals surface area contributed by atoms with Gasteiger partial charge in [-0.3, -0.25) is 0 Å². The molecule has 2 nitrogen and oxygen atoms in total. The lowest BCUT2D eigenvalue weighted by molar-refractivity contribution is -0.0979. The molecule has 0 atom stereocenters. The second kappa shape index (κ2) is 529. The van der Waals surface area contributed by atoms with Crippen molar-refractivity contribution in [1.82, 2.24) is 0 Å². The molecule has 2 heteroatoms. The molecule has 0 spiro atoms. The summed E-state index contributed by atoms with van der Waals surface area (Å²) in [6, 6.07) is 0. The molecule has 8 heavy (non-hydrogen) atoms. The summed E-state index contributed by atoms with van der Waals surface area (Å²) < 4.78 is 0. The molecule has 0 unspecified atom stereocenters. The highest BCUT2D eigenvalue weighted by Gasteiger charge is 1.35. The van der Waals surface area contributed by atoms with Crippen LogP contribution in [-0.2, 0) is 4.79 Å². The monoisotopic (exact) mass is 122 g/mol. The number of aliphatic hydroxyl groups excluding tert-OH is 1. The molecule has 0 fully saturated rings. The van der Waals surface area contributed by atoms with E-state index in [1.165, 1.54) is 6.42 Å². The summed E-state index contributed by atoms with van der Waals surface area (Å²) in [6.45, 7) is 6.25. The number of hydrogen-bond acceptors (Lipinski definition) is 2. The maximum Gasteiger partial charge on any atom is 0.106 e. The summed E-state index contributed by atoms with van der Waals surface area (Å²) in [4.78, 5) is 8.00. The van der Waals surface area contributed by atoms with Gasteiger partial charge in [-0.1, -0.05) is 27.7 Å². The van der Waals surface area contributed by atoms with Crippen LogP contribution >= 0.6 is 0 Å². The molecule has 0 aliphatic rings. The molecule has 0 saturated carbocycles. The molecule has 0 bridgehead atoms. The summed E-state index contributed by atoms with van der Waals surface area (Å²) in [5, 5.41) is 7.00. The molecule has 1 N–H and O–H groups in total. The van der Waals surface area contributed by atoms with Crippen molar-refractivity contribution in [3.8, 4) is 0 Å². The summed E-state index contributed by atoms with van der Waals surface area (Å²) in [5.74, 6) is 0. The van der Waals surface area contributed by atoms with E-state index in [-0.39, 0.29) is 7.43 Å². The van der Waals surface area contributed by atoms with Crippen LogP contribution in [0.4, 0.5) is 0 Å². The SMILES string of the molecule is C.C=O.CCC.CO. The number of hydrogen-bond donors (Lipinski definition) is 1. The van der Waals surface area contributed by atoms with E-state index >= 15 is 0 Å². The minimum Gasteiger partial charge on any atom is -0.400 e. The van der Waals surface area contributed by atoms with E-state index in [1.54, 1.807) is 0 Å². The first kappa shape index (κ1) is 25.5. The Morgan fingerprint density at radius 1 is 1.25 bits per heavy atom. The van der Waals surface area contributed by atoms with Gasteiger partial charge in [0.1, 0.15) is 6.79 Å². The Hall–Kier alpha value is -0.370. The van der Waals surface area contributed by atoms with E-state index in [0.717, 1.165) is 7.11 Å². The fourth-order valence-corrected chi connectivity index (χ4v) is 0. The van der Waals surface area contributed by atoms with Crippen molar-refractivity contribution in [1.29, 1.82) is 0 Å². The van der Waals surface area contributed by atoms with Crippen LogP contribution in [0.1, 0.15) is 27.7 Å². The number of carbonyl (C=O) groups is 1. The first-order valence-electron chi connectivity index (χ1n) is 2.15. The minimum atomic E-state index is 0. The molecule has 0 aliphatic carbocycles. The van der Waals surface area contributed by atoms with E-state index in [2.05, 4.69) is 13.8 Å². The molecule has 0 rings (SSSR count). The lowest BCUT2D eigenvalue weighted by atomic mass is 10.6. The molecule has 0 aromatic rings. The Morgan fingerprint density at radius 2 is 1.25 bits per heavy atom. The Kier molecular flexibility index (Phi) is 1680. The van der Waals surface area contributed by atoms with Crippen LogP contribution in [0.15, 0.2) is 0 Å². The molecule has 0 aromatic heterocycles. The summed E-state index contributed by atoms with van der Waals surface area (Å²) in [5.41, 5.74) is 0. The third-order valence-corrected chi connectivity index (χ3v) is 0. The maximum absolute atomic E-state index is 8.00. The molecule has 0 saturated heterocycles. The van der Waals surface area contributed by atoms with Crippen LogP contribution in [0, 0.1) is 0 Å². The van der Waals surface area contributed by atoms with Crippen molar-refractivity contribution in [2.24, 2.45) is 0 Å². The molecular weight excluding hydrogens is 104 g/mol. The van der Waals surface area contributed by atoms with Gasteiger partial charge in [-0.15, -0.1) is 0 Å². The van der Waals surface area contributed by atoms with Gasteiger partial charge < -0.3 is 9.90 Å². The van der Waals surface area contributed by atoms with Crippen LogP contribution in [-0.4, -0.2) is 19.0 Å². The highest BCUT2D eigenvalue weighted by atomic mass is 16.2. The van der Waals surface area contributed by atoms with E-state index in [9.17, 15) is 0 Å². The van der Waals surface area contributed by atoms with Crippen molar-refractivity contribution in [3.63, 3.8) is 0 Å². The van der Waals surface area contributed by atoms with Crippen LogP contribution in [0.25, 0.3) is 0 Å². The van der Waals surface area contributed by atoms with Gasteiger partial charge in [0, 0.05) is 7.11 Å². The zero-order chi connectivity index (χ0) is 6.71. The van der Waals surface area contributed by atoms with Crippen LogP contribution in [0.5, 0.6) is 0 Å². The fraction of sp³-hybridized carbons (Fsp3) is 0.833. The predicted octanol–water partition coefficient (Wildman–Crippen LogP) is 1.48. The van der Waals surface area contributed by atoms with Crippen molar-refractivity contribution in [2.75, 3.05) is 7.11 Å². The van der Waals surface area contributed by atoms with E-state index < -0.39 is 0 Å². The van der Waals surface area contributed by atoms with Crippen LogP contribution < -0.4 is 0 Å². The van der Waals surface area contributed by atoms with Crippen molar-refractivity contribution in [2.45, 2.75) is 27.7 Å². The van der Waals surface area contributed by atoms with E-state index in [0.29, 0.717) is 0 Å². The second-order valence-electron chi connectivity index (χ2n) is 0.707. The largest absolute Gasteiger partial charge is 0.400 e. The highest BCUT2D eigenvalue weighted by Crippen LogP contribution is 1.56. The van der Waals surface area contributed by atoms with Crippen LogP contribution in [0.3, 0.4) is 0 Å². The third-order valence-electron chi connectivity index (χ3n) is 0. The van der Waals surface area contributed by atoms with Crippen molar-refractivity contribution >= 4 is 6.79 Å². The quantitative estimate of drug-likeness (QED) is 0.528. The van der Waals surface area contributed by atoms with Gasteiger partial charge in [0.2, 0.25) is 0 Å². The predicted molar refractivity (Wildman–Crippen MR) is 38.0 cm³/mol. The average Bonchev–Trinajstić information content (AvgIpc) is 1.78. The molecule has 0 aliphatic heterocycles. The Balaban J connectivity index is -0.0000000147. The number of aliphatic hydroxyl groups is 1. The first-order chi connectivity index (χ1) is 3.41. The van der Waals surface area contributed by atoms with Gasteiger partial charge in [0.25, 0.3) is 0 Å². The maximum atomic E-state index is 8.00. The average molecular weight is 122 g/mol. The molecule has 0 heterocycles. The summed E-state index contributed by atoms with van der Waals surface area (Å²) >= 11 is 0. The Bertz CT molecular complexity index is 10.5. The normalized spacial score (nSPS) is 3.50. The molecule has 54 valence electrons. The Labute approximate surface area is 52.5 Å². The second-order valence-corrected chi connectivity index (χ2v) is 0.707. The number of carbonyl (C=O) groups excluding carboxylic acids is 1. The third kappa shape index (κ3) is 882. The molecular formula is C6H18O2. The fourth-order valence-electron chi connectivity index (χ4n) is 0. The van der Waals surface area contributed by atoms with Crippen LogP contribution in [0.2, 0.25) is 0 Å². The summed E-state index contributed by atoms with van der Waals surface area (Å²) in [6.07, 6.45) is 1.25. The topological polar surface area (TPSA) is 37.3 Å². The van der Waals surface area contributed by atoms with Gasteiger partial charge in [0.15, 0.2) is 0 Å². The number of rotatable bonds is 0. The van der Waals surface area contributed by atoms with Gasteiger partial charge in [-0.05, 0) is 0 Å². The zero-order valence-electron chi connectivity index (χ0n) is 5.27. The van der Waals surface area contributed by atoms with E-state index in [4.69, 9.17) is 9.90 Å². The zero-order valence-corrected chi connectivity index (χ0v) is 5.27. The molecule has 0 aromatic carbocycles. The van der Waals surface area contributed by atoms with Gasteiger partial charge in [-0.25, -0.2) is 0 Å². The lowest BCUT2D eigenvalue weighted by Gasteiger charge is -1.48. The smallest absolute Gasteiger partial charge is 0.106 e. The van der Waals surface area contributed by atoms with Gasteiger partial charge >= 0.3 is 0 Å². The standard InChI is InChI=1S/C3H8.CH4O.CH2O.CH4/c1-3-2;2*1-2;/h3H2,1-2H3;2H,1H3;1H2;1H4. The lowest BCUT2D eigenvalue weighted by Crippen LogP contribution is -1.27. The Morgan fingerprint density at radius 3 is 1.25 bits per heavy atom. The highest BCUT2D eigenvalue weighted by molar-refractivity contribution is 5.10. The van der Waals surface area contributed by atoms with Crippen molar-refractivity contribution < 1.29 is 9.90 Å². The van der Waals surface area contributed by atoms with Crippen molar-refractivity contribution in [3.05, 3.63) is 0 Å². The summed E-state index contributed by atoms with van der Waals surface area (Å²) in [7, 11) is 1.00. The minimum absolute atomic E-state index is 0. The molecule has 0 amide bonds. The van der Waals surface area contributed by atoms with E-state index in [1.807, 2.05) is 6.79 Å². The first-order valence-corrected chi connectivity index (χ1v) is 2.15. The van der Waals surface area contributed by atoms with Gasteiger partial charge in [-0.2, -0.15) is 0 Å². The van der Waals surface area contributed by atoms with Gasteiger partial charge in [0.05, 0.1) is 0 Å².